The van der Waals surface area contributed by atoms with E-state index in [9.17, 15) is 4.79 Å². The molecule has 1 N–H and O–H groups in total. The Bertz CT molecular complexity index is 1050. The molecule has 3 rings (SSSR count). The molecule has 10 heteroatoms. The van der Waals surface area contributed by atoms with Gasteiger partial charge >= 0.3 is 12.1 Å². The summed E-state index contributed by atoms with van der Waals surface area (Å²) < 4.78 is 9.80. The largest absolute Gasteiger partial charge is 0.462 e. The van der Waals surface area contributed by atoms with E-state index in [1.807, 2.05) is 13.8 Å². The Morgan fingerprint density at radius 3 is 2.42 bits per heavy atom. The molecule has 0 spiro atoms. The summed E-state index contributed by atoms with van der Waals surface area (Å²) in [4.78, 5) is 33.5. The number of carbonyl (C=O) groups is 1. The molecule has 0 saturated carbocycles. The number of aromatic nitrogens is 3. The highest BCUT2D eigenvalue weighted by molar-refractivity contribution is 8.00. The lowest BCUT2D eigenvalue weighted by Gasteiger charge is -2.11. The SMILES string of the molecule is CC.CCOC(=O)c1cnn(-c2ncc(Cl)cc2NSc2ccc(C(C)C)cc2)c1.O=C=O. The highest BCUT2D eigenvalue weighted by Gasteiger charge is 2.14. The van der Waals surface area contributed by atoms with Crippen LogP contribution >= 0.6 is 23.5 Å². The first-order chi connectivity index (χ1) is 15.9. The number of ether oxygens (including phenoxy) is 1. The summed E-state index contributed by atoms with van der Waals surface area (Å²) in [5, 5.41) is 4.73. The van der Waals surface area contributed by atoms with Crippen LogP contribution in [0.2, 0.25) is 5.02 Å². The molecule has 0 aliphatic rings. The van der Waals surface area contributed by atoms with E-state index in [1.54, 1.807) is 19.2 Å². The molecular formula is C23H27ClN4O4S. The second-order valence-electron chi connectivity index (χ2n) is 6.43. The minimum absolute atomic E-state index is 0.250. The van der Waals surface area contributed by atoms with Gasteiger partial charge in [-0.15, -0.1) is 0 Å². The van der Waals surface area contributed by atoms with Crippen LogP contribution in [0.5, 0.6) is 0 Å². The van der Waals surface area contributed by atoms with E-state index in [4.69, 9.17) is 25.9 Å². The van der Waals surface area contributed by atoms with Gasteiger partial charge in [-0.3, -0.25) is 0 Å². The third-order valence-electron chi connectivity index (χ3n) is 3.97. The Kier molecular flexibility index (Phi) is 12.5. The summed E-state index contributed by atoms with van der Waals surface area (Å²) >= 11 is 7.57. The number of carbonyl (C=O) groups excluding carboxylic acids is 3. The van der Waals surface area contributed by atoms with Gasteiger partial charge in [0.05, 0.1) is 29.1 Å². The zero-order chi connectivity index (χ0) is 24.8. The first-order valence-corrected chi connectivity index (χ1v) is 11.5. The van der Waals surface area contributed by atoms with Crippen molar-refractivity contribution in [3.8, 4) is 5.82 Å². The smallest absolute Gasteiger partial charge is 0.373 e. The molecule has 0 saturated heterocycles. The molecule has 176 valence electrons. The Morgan fingerprint density at radius 1 is 1.21 bits per heavy atom. The summed E-state index contributed by atoms with van der Waals surface area (Å²) in [6, 6.07) is 10.1. The van der Waals surface area contributed by atoms with Crippen LogP contribution in [0.1, 0.15) is 56.5 Å². The fourth-order valence-electron chi connectivity index (χ4n) is 2.48. The van der Waals surface area contributed by atoms with Crippen molar-refractivity contribution in [3.05, 3.63) is 65.1 Å². The highest BCUT2D eigenvalue weighted by atomic mass is 35.5. The lowest BCUT2D eigenvalue weighted by atomic mass is 10.0. The standard InChI is InChI=1S/C20H21ClN4O2S.C2H6.CO2/c1-4-27-20(26)15-10-23-25(12-15)19-18(9-16(21)11-22-19)24-28-17-7-5-14(6-8-17)13(2)3;1-2;2-1-3/h5-13,24H,4H2,1-3H3;1-2H3;. The number of nitrogens with one attached hydrogen (secondary N) is 1. The number of halogens is 1. The fraction of sp³-hybridized carbons (Fsp3) is 0.304. The van der Waals surface area contributed by atoms with Crippen molar-refractivity contribution in [1.29, 1.82) is 0 Å². The van der Waals surface area contributed by atoms with Crippen LogP contribution in [0.15, 0.2) is 53.8 Å². The molecule has 0 fully saturated rings. The summed E-state index contributed by atoms with van der Waals surface area (Å²) in [7, 11) is 0. The van der Waals surface area contributed by atoms with E-state index in [-0.39, 0.29) is 6.15 Å². The van der Waals surface area contributed by atoms with Crippen molar-refractivity contribution in [2.24, 2.45) is 0 Å². The van der Waals surface area contributed by atoms with Crippen LogP contribution in [0.25, 0.3) is 5.82 Å². The molecule has 2 aromatic heterocycles. The van der Waals surface area contributed by atoms with Crippen molar-refractivity contribution in [3.63, 3.8) is 0 Å². The van der Waals surface area contributed by atoms with Crippen molar-refractivity contribution >= 4 is 41.4 Å². The Balaban J connectivity index is 0.00000101. The number of anilines is 1. The minimum Gasteiger partial charge on any atom is -0.462 e. The zero-order valence-electron chi connectivity index (χ0n) is 19.2. The van der Waals surface area contributed by atoms with Gasteiger partial charge in [0.25, 0.3) is 0 Å². The lowest BCUT2D eigenvalue weighted by Crippen LogP contribution is -2.04. The molecule has 1 aromatic carbocycles. The number of nitrogens with zero attached hydrogens (tertiary/aromatic N) is 3. The predicted octanol–water partition coefficient (Wildman–Crippen LogP) is 5.78. The maximum absolute atomic E-state index is 11.9. The number of esters is 1. The quantitative estimate of drug-likeness (QED) is 0.328. The van der Waals surface area contributed by atoms with Gasteiger partial charge in [0.15, 0.2) is 5.82 Å². The van der Waals surface area contributed by atoms with Gasteiger partial charge < -0.3 is 9.46 Å². The second kappa shape index (κ2) is 14.8. The lowest BCUT2D eigenvalue weighted by molar-refractivity contribution is -0.191. The predicted molar refractivity (Wildman–Crippen MR) is 129 cm³/mol. The summed E-state index contributed by atoms with van der Waals surface area (Å²) in [6.45, 7) is 10.4. The molecule has 0 amide bonds. The van der Waals surface area contributed by atoms with E-state index < -0.39 is 5.97 Å². The highest BCUT2D eigenvalue weighted by Crippen LogP contribution is 2.28. The van der Waals surface area contributed by atoms with E-state index in [0.717, 1.165) is 4.90 Å². The molecule has 33 heavy (non-hydrogen) atoms. The maximum atomic E-state index is 11.9. The Morgan fingerprint density at radius 2 is 1.85 bits per heavy atom. The zero-order valence-corrected chi connectivity index (χ0v) is 20.7. The van der Waals surface area contributed by atoms with Crippen molar-refractivity contribution < 1.29 is 19.1 Å². The molecule has 2 heterocycles. The van der Waals surface area contributed by atoms with Gasteiger partial charge in [0, 0.05) is 17.3 Å². The first-order valence-electron chi connectivity index (χ1n) is 10.3. The third kappa shape index (κ3) is 8.73. The minimum atomic E-state index is -0.420. The van der Waals surface area contributed by atoms with Gasteiger partial charge in [-0.05, 0) is 48.6 Å². The van der Waals surface area contributed by atoms with Crippen LogP contribution in [0, 0.1) is 0 Å². The second-order valence-corrected chi connectivity index (χ2v) is 7.75. The van der Waals surface area contributed by atoms with Crippen LogP contribution in [-0.2, 0) is 14.3 Å². The van der Waals surface area contributed by atoms with E-state index in [2.05, 4.69) is 52.9 Å². The van der Waals surface area contributed by atoms with Crippen LogP contribution in [-0.4, -0.2) is 33.5 Å². The van der Waals surface area contributed by atoms with E-state index in [1.165, 1.54) is 34.6 Å². The summed E-state index contributed by atoms with van der Waals surface area (Å²) in [5.41, 5.74) is 2.34. The number of benzene rings is 1. The summed E-state index contributed by atoms with van der Waals surface area (Å²) in [5.74, 6) is 0.604. The normalized spacial score (nSPS) is 9.67. The average molecular weight is 491 g/mol. The van der Waals surface area contributed by atoms with Crippen molar-refractivity contribution in [2.45, 2.75) is 45.4 Å². The van der Waals surface area contributed by atoms with Crippen LogP contribution in [0.4, 0.5) is 5.69 Å². The van der Waals surface area contributed by atoms with Gasteiger partial charge in [0.2, 0.25) is 0 Å². The Labute approximate surface area is 202 Å². The first kappa shape index (κ1) is 27.9. The fourth-order valence-corrected chi connectivity index (χ4v) is 3.29. The molecule has 0 aliphatic heterocycles. The monoisotopic (exact) mass is 490 g/mol. The van der Waals surface area contributed by atoms with E-state index >= 15 is 0 Å². The molecule has 3 aromatic rings. The number of hydrogen-bond donors (Lipinski definition) is 1. The maximum Gasteiger partial charge on any atom is 0.373 e. The van der Waals surface area contributed by atoms with Crippen molar-refractivity contribution in [1.82, 2.24) is 14.8 Å². The van der Waals surface area contributed by atoms with Gasteiger partial charge in [0.1, 0.15) is 0 Å². The molecule has 0 atom stereocenters. The third-order valence-corrected chi connectivity index (χ3v) is 5.01. The van der Waals surface area contributed by atoms with Crippen molar-refractivity contribution in [2.75, 3.05) is 11.3 Å². The molecule has 0 unspecified atom stereocenters. The van der Waals surface area contributed by atoms with Gasteiger partial charge in [-0.1, -0.05) is 51.4 Å². The topological polar surface area (TPSA) is 103 Å². The number of pyridine rings is 1. The van der Waals surface area contributed by atoms with Gasteiger partial charge in [-0.2, -0.15) is 14.7 Å². The van der Waals surface area contributed by atoms with Crippen LogP contribution in [0.3, 0.4) is 0 Å². The Hall–Kier alpha value is -3.13. The van der Waals surface area contributed by atoms with E-state index in [0.29, 0.717) is 34.6 Å². The molecular weight excluding hydrogens is 464 g/mol. The van der Waals surface area contributed by atoms with Gasteiger partial charge in [-0.25, -0.2) is 14.5 Å². The molecule has 8 nitrogen and oxygen atoms in total. The number of hydrogen-bond acceptors (Lipinski definition) is 8. The summed E-state index contributed by atoms with van der Waals surface area (Å²) in [6.07, 6.45) is 4.83. The molecule has 0 radical (unpaired) electrons. The number of rotatable bonds is 7. The van der Waals surface area contributed by atoms with Crippen LogP contribution < -0.4 is 4.72 Å². The molecule has 0 aliphatic carbocycles. The average Bonchev–Trinajstić information content (AvgIpc) is 3.30. The molecule has 0 bridgehead atoms.